The molecule has 0 saturated heterocycles. The standard InChI is InChI=1S/C15H20N4O2/c1-15(2,3)12-8-11(18-21-12)14(20)17-10-4-5-13-16-6-7-19(13)9-10/h6-8,10H,4-5,9H2,1-3H3,(H,17,20)/t10-/m1/s1. The number of hydrogen-bond donors (Lipinski definition) is 1. The van der Waals surface area contributed by atoms with Crippen LogP contribution in [0.5, 0.6) is 0 Å². The monoisotopic (exact) mass is 288 g/mol. The molecule has 1 atom stereocenters. The third-order valence-corrected chi connectivity index (χ3v) is 3.75. The molecule has 21 heavy (non-hydrogen) atoms. The molecule has 0 radical (unpaired) electrons. The summed E-state index contributed by atoms with van der Waals surface area (Å²) >= 11 is 0. The molecule has 3 rings (SSSR count). The van der Waals surface area contributed by atoms with Gasteiger partial charge in [0.05, 0.1) is 0 Å². The van der Waals surface area contributed by atoms with Crippen LogP contribution >= 0.6 is 0 Å². The van der Waals surface area contributed by atoms with Gasteiger partial charge in [0.25, 0.3) is 5.91 Å². The number of aromatic nitrogens is 3. The van der Waals surface area contributed by atoms with Crippen LogP contribution in [0.2, 0.25) is 0 Å². The summed E-state index contributed by atoms with van der Waals surface area (Å²) < 4.78 is 7.34. The van der Waals surface area contributed by atoms with Crippen LogP contribution in [0, 0.1) is 0 Å². The van der Waals surface area contributed by atoms with Crippen LogP contribution in [0.1, 0.15) is 49.3 Å². The van der Waals surface area contributed by atoms with Crippen molar-refractivity contribution >= 4 is 5.91 Å². The molecule has 0 spiro atoms. The molecular weight excluding hydrogens is 268 g/mol. The van der Waals surface area contributed by atoms with Crippen LogP contribution in [-0.2, 0) is 18.4 Å². The van der Waals surface area contributed by atoms with E-state index in [0.717, 1.165) is 25.2 Å². The van der Waals surface area contributed by atoms with Crippen molar-refractivity contribution in [2.24, 2.45) is 0 Å². The van der Waals surface area contributed by atoms with E-state index in [1.807, 2.05) is 27.0 Å². The fourth-order valence-electron chi connectivity index (χ4n) is 2.48. The van der Waals surface area contributed by atoms with E-state index < -0.39 is 0 Å². The molecule has 6 nitrogen and oxygen atoms in total. The minimum Gasteiger partial charge on any atom is -0.360 e. The Kier molecular flexibility index (Phi) is 3.31. The number of fused-ring (bicyclic) bond motifs is 1. The minimum absolute atomic E-state index is 0.106. The molecule has 0 aliphatic carbocycles. The van der Waals surface area contributed by atoms with Crippen molar-refractivity contribution in [2.45, 2.75) is 51.6 Å². The lowest BCUT2D eigenvalue weighted by atomic mass is 9.93. The van der Waals surface area contributed by atoms with Crippen LogP contribution in [0.3, 0.4) is 0 Å². The van der Waals surface area contributed by atoms with Gasteiger partial charge in [-0.2, -0.15) is 0 Å². The highest BCUT2D eigenvalue weighted by molar-refractivity contribution is 5.92. The number of carbonyl (C=O) groups is 1. The Morgan fingerprint density at radius 3 is 3.00 bits per heavy atom. The van der Waals surface area contributed by atoms with Crippen LogP contribution in [0.25, 0.3) is 0 Å². The van der Waals surface area contributed by atoms with E-state index in [1.54, 1.807) is 12.3 Å². The number of rotatable bonds is 2. The van der Waals surface area contributed by atoms with Gasteiger partial charge in [-0.05, 0) is 6.42 Å². The fraction of sp³-hybridized carbons (Fsp3) is 0.533. The Balaban J connectivity index is 1.66. The summed E-state index contributed by atoms with van der Waals surface area (Å²) in [7, 11) is 0. The number of aryl methyl sites for hydroxylation is 1. The lowest BCUT2D eigenvalue weighted by Gasteiger charge is -2.24. The molecule has 1 N–H and O–H groups in total. The van der Waals surface area contributed by atoms with Crippen LogP contribution in [0.15, 0.2) is 23.0 Å². The zero-order chi connectivity index (χ0) is 15.0. The van der Waals surface area contributed by atoms with Crippen molar-refractivity contribution < 1.29 is 9.32 Å². The SMILES string of the molecule is CC(C)(C)c1cc(C(=O)N[C@@H]2CCc3nccn3C2)no1. The van der Waals surface area contributed by atoms with Gasteiger partial charge in [-0.25, -0.2) is 4.98 Å². The van der Waals surface area contributed by atoms with Crippen molar-refractivity contribution in [3.8, 4) is 0 Å². The first-order valence-electron chi connectivity index (χ1n) is 7.21. The summed E-state index contributed by atoms with van der Waals surface area (Å²) in [6.07, 6.45) is 5.52. The molecular formula is C15H20N4O2. The Morgan fingerprint density at radius 1 is 1.48 bits per heavy atom. The second-order valence-corrected chi connectivity index (χ2v) is 6.53. The fourth-order valence-corrected chi connectivity index (χ4v) is 2.48. The first-order valence-corrected chi connectivity index (χ1v) is 7.21. The van der Waals surface area contributed by atoms with Crippen LogP contribution < -0.4 is 5.32 Å². The highest BCUT2D eigenvalue weighted by Crippen LogP contribution is 2.22. The molecule has 0 saturated carbocycles. The summed E-state index contributed by atoms with van der Waals surface area (Å²) in [5, 5.41) is 6.90. The molecule has 0 fully saturated rings. The third kappa shape index (κ3) is 2.84. The topological polar surface area (TPSA) is 73.0 Å². The van der Waals surface area contributed by atoms with Gasteiger partial charge in [-0.15, -0.1) is 0 Å². The quantitative estimate of drug-likeness (QED) is 0.916. The minimum atomic E-state index is -0.178. The first-order chi connectivity index (χ1) is 9.93. The molecule has 0 aromatic carbocycles. The molecule has 1 aliphatic heterocycles. The predicted octanol–water partition coefficient (Wildman–Crippen LogP) is 1.91. The van der Waals surface area contributed by atoms with E-state index in [4.69, 9.17) is 4.52 Å². The summed E-state index contributed by atoms with van der Waals surface area (Å²) in [6.45, 7) is 6.83. The van der Waals surface area contributed by atoms with Crippen molar-refractivity contribution in [3.05, 3.63) is 35.7 Å². The smallest absolute Gasteiger partial charge is 0.273 e. The normalized spacial score (nSPS) is 18.3. The first kappa shape index (κ1) is 13.9. The Morgan fingerprint density at radius 2 is 2.29 bits per heavy atom. The lowest BCUT2D eigenvalue weighted by molar-refractivity contribution is 0.0918. The maximum absolute atomic E-state index is 12.2. The van der Waals surface area contributed by atoms with Gasteiger partial charge in [-0.3, -0.25) is 4.79 Å². The number of hydrogen-bond acceptors (Lipinski definition) is 4. The number of nitrogens with zero attached hydrogens (tertiary/aromatic N) is 3. The highest BCUT2D eigenvalue weighted by atomic mass is 16.5. The summed E-state index contributed by atoms with van der Waals surface area (Å²) in [6, 6.07) is 1.83. The van der Waals surface area contributed by atoms with Gasteiger partial charge in [0.2, 0.25) is 0 Å². The van der Waals surface area contributed by atoms with E-state index in [1.165, 1.54) is 0 Å². The van der Waals surface area contributed by atoms with Crippen LogP contribution in [-0.4, -0.2) is 26.7 Å². The largest absolute Gasteiger partial charge is 0.360 e. The summed E-state index contributed by atoms with van der Waals surface area (Å²) in [4.78, 5) is 16.5. The third-order valence-electron chi connectivity index (χ3n) is 3.75. The zero-order valence-electron chi connectivity index (χ0n) is 12.6. The summed E-state index contributed by atoms with van der Waals surface area (Å²) in [5.41, 5.74) is 0.193. The maximum atomic E-state index is 12.2. The lowest BCUT2D eigenvalue weighted by Crippen LogP contribution is -2.41. The number of carbonyl (C=O) groups excluding carboxylic acids is 1. The van der Waals surface area contributed by atoms with Gasteiger partial charge in [0.1, 0.15) is 11.6 Å². The highest BCUT2D eigenvalue weighted by Gasteiger charge is 2.25. The molecule has 2 aromatic heterocycles. The van der Waals surface area contributed by atoms with Gasteiger partial charge < -0.3 is 14.4 Å². The zero-order valence-corrected chi connectivity index (χ0v) is 12.6. The predicted molar refractivity (Wildman–Crippen MR) is 77.0 cm³/mol. The maximum Gasteiger partial charge on any atom is 0.273 e. The van der Waals surface area contributed by atoms with Gasteiger partial charge in [0, 0.05) is 42.9 Å². The molecule has 1 amide bonds. The number of nitrogens with one attached hydrogen (secondary N) is 1. The second-order valence-electron chi connectivity index (χ2n) is 6.53. The Bertz CT molecular complexity index is 651. The van der Waals surface area contributed by atoms with Crippen molar-refractivity contribution in [1.29, 1.82) is 0 Å². The second kappa shape index (κ2) is 5.02. The van der Waals surface area contributed by atoms with Gasteiger partial charge >= 0.3 is 0 Å². The van der Waals surface area contributed by atoms with E-state index >= 15 is 0 Å². The van der Waals surface area contributed by atoms with Crippen molar-refractivity contribution in [3.63, 3.8) is 0 Å². The average Bonchev–Trinajstić information content (AvgIpc) is 3.06. The van der Waals surface area contributed by atoms with E-state index in [-0.39, 0.29) is 17.4 Å². The molecule has 0 bridgehead atoms. The van der Waals surface area contributed by atoms with Gasteiger partial charge in [-0.1, -0.05) is 25.9 Å². The number of amides is 1. The molecule has 2 aromatic rings. The van der Waals surface area contributed by atoms with Crippen LogP contribution in [0.4, 0.5) is 0 Å². The van der Waals surface area contributed by atoms with Crippen molar-refractivity contribution in [2.75, 3.05) is 0 Å². The Labute approximate surface area is 123 Å². The Hall–Kier alpha value is -2.11. The molecule has 1 aliphatic rings. The van der Waals surface area contributed by atoms with E-state index in [9.17, 15) is 4.79 Å². The molecule has 0 unspecified atom stereocenters. The molecule has 3 heterocycles. The van der Waals surface area contributed by atoms with Crippen molar-refractivity contribution in [1.82, 2.24) is 20.0 Å². The van der Waals surface area contributed by atoms with E-state index in [0.29, 0.717) is 11.5 Å². The molecule has 6 heteroatoms. The van der Waals surface area contributed by atoms with Gasteiger partial charge in [0.15, 0.2) is 5.69 Å². The van der Waals surface area contributed by atoms with E-state index in [2.05, 4.69) is 20.0 Å². The average molecular weight is 288 g/mol. The number of imidazole rings is 1. The molecule has 112 valence electrons. The summed E-state index contributed by atoms with van der Waals surface area (Å²) in [5.74, 6) is 1.62.